The van der Waals surface area contributed by atoms with Gasteiger partial charge < -0.3 is 24.0 Å². The molecular weight excluding hydrogens is 504 g/mol. The number of rotatable bonds is 10. The summed E-state index contributed by atoms with van der Waals surface area (Å²) in [7, 11) is 3.85. The molecule has 8 nitrogen and oxygen atoms in total. The van der Waals surface area contributed by atoms with E-state index in [0.29, 0.717) is 42.5 Å². The van der Waals surface area contributed by atoms with E-state index in [1.165, 1.54) is 31.2 Å². The fraction of sp³-hybridized carbons (Fsp3) is 0.625. The predicted molar refractivity (Wildman–Crippen MR) is 157 cm³/mol. The number of piperazine rings is 1. The van der Waals surface area contributed by atoms with Crippen molar-refractivity contribution in [2.75, 3.05) is 73.2 Å². The van der Waals surface area contributed by atoms with Gasteiger partial charge in [0.25, 0.3) is 5.91 Å². The number of aromatic nitrogens is 1. The molecule has 1 aliphatic carbocycles. The Labute approximate surface area is 239 Å². The van der Waals surface area contributed by atoms with Crippen molar-refractivity contribution < 1.29 is 19.0 Å². The summed E-state index contributed by atoms with van der Waals surface area (Å²) in [6.45, 7) is 12.6. The summed E-state index contributed by atoms with van der Waals surface area (Å²) in [5.74, 6) is 3.07. The van der Waals surface area contributed by atoms with Gasteiger partial charge in [0.05, 0.1) is 13.7 Å². The van der Waals surface area contributed by atoms with Crippen molar-refractivity contribution >= 4 is 5.91 Å². The van der Waals surface area contributed by atoms with E-state index in [1.807, 2.05) is 17.0 Å². The van der Waals surface area contributed by atoms with Gasteiger partial charge in [-0.05, 0) is 61.4 Å². The zero-order valence-corrected chi connectivity index (χ0v) is 24.7. The molecule has 1 atom stereocenters. The molecule has 2 aromatic rings. The second kappa shape index (κ2) is 12.8. The minimum atomic E-state index is -0.0527. The van der Waals surface area contributed by atoms with Crippen molar-refractivity contribution in [3.05, 3.63) is 47.8 Å². The van der Waals surface area contributed by atoms with E-state index in [1.54, 1.807) is 19.4 Å². The van der Waals surface area contributed by atoms with Crippen molar-refractivity contribution in [3.63, 3.8) is 0 Å². The smallest absolute Gasteiger partial charge is 0.272 e. The van der Waals surface area contributed by atoms with Gasteiger partial charge in [-0.1, -0.05) is 26.3 Å². The zero-order chi connectivity index (χ0) is 28.1. The summed E-state index contributed by atoms with van der Waals surface area (Å²) in [4.78, 5) is 24.1. The lowest BCUT2D eigenvalue weighted by atomic mass is 9.72. The van der Waals surface area contributed by atoms with Crippen LogP contribution < -0.4 is 14.2 Å². The summed E-state index contributed by atoms with van der Waals surface area (Å²) >= 11 is 0. The van der Waals surface area contributed by atoms with Gasteiger partial charge in [-0.25, -0.2) is 0 Å². The van der Waals surface area contributed by atoms with Crippen molar-refractivity contribution in [1.82, 2.24) is 19.7 Å². The first-order chi connectivity index (χ1) is 19.3. The number of likely N-dealkylation sites (N-methyl/N-ethyl adjacent to an activating group) is 1. The number of carbonyl (C=O) groups excluding carboxylic acids is 1. The Morgan fingerprint density at radius 1 is 1.05 bits per heavy atom. The number of benzene rings is 1. The minimum Gasteiger partial charge on any atom is -0.493 e. The molecule has 3 fully saturated rings. The first-order valence-corrected chi connectivity index (χ1v) is 14.9. The van der Waals surface area contributed by atoms with Crippen LogP contribution in [0.4, 0.5) is 0 Å². The number of carbonyl (C=O) groups is 1. The first-order valence-electron chi connectivity index (χ1n) is 14.9. The maximum Gasteiger partial charge on any atom is 0.272 e. The highest BCUT2D eigenvalue weighted by Gasteiger charge is 2.34. The number of methoxy groups -OCH3 is 1. The third-order valence-corrected chi connectivity index (χ3v) is 8.83. The van der Waals surface area contributed by atoms with E-state index in [9.17, 15) is 4.79 Å². The van der Waals surface area contributed by atoms with Crippen LogP contribution in [0.1, 0.15) is 61.5 Å². The molecule has 0 N–H and O–H groups in total. The van der Waals surface area contributed by atoms with Gasteiger partial charge >= 0.3 is 0 Å². The minimum absolute atomic E-state index is 0.0527. The summed E-state index contributed by atoms with van der Waals surface area (Å²) in [6.07, 6.45) is 6.68. The molecule has 8 heteroatoms. The first kappa shape index (κ1) is 28.7. The van der Waals surface area contributed by atoms with Crippen molar-refractivity contribution in [2.45, 2.75) is 45.4 Å². The van der Waals surface area contributed by atoms with Gasteiger partial charge in [-0.2, -0.15) is 0 Å². The molecule has 3 aliphatic rings. The van der Waals surface area contributed by atoms with Gasteiger partial charge in [0.1, 0.15) is 18.1 Å². The Morgan fingerprint density at radius 2 is 1.85 bits per heavy atom. The molecule has 1 saturated carbocycles. The van der Waals surface area contributed by atoms with Gasteiger partial charge in [-0.3, -0.25) is 14.7 Å². The summed E-state index contributed by atoms with van der Waals surface area (Å²) in [6, 6.07) is 9.80. The number of pyridine rings is 1. The summed E-state index contributed by atoms with van der Waals surface area (Å²) in [5, 5.41) is 0. The largest absolute Gasteiger partial charge is 0.493 e. The molecular formula is C32H46N4O4. The molecule has 1 aromatic heterocycles. The second-order valence-electron chi connectivity index (χ2n) is 12.6. The number of hydrogen-bond acceptors (Lipinski definition) is 7. The van der Waals surface area contributed by atoms with Crippen LogP contribution in [0.5, 0.6) is 17.2 Å². The van der Waals surface area contributed by atoms with Crippen LogP contribution in [-0.4, -0.2) is 98.8 Å². The number of likely N-dealkylation sites (tertiary alicyclic amines) is 1. The van der Waals surface area contributed by atoms with Crippen molar-refractivity contribution in [2.24, 2.45) is 11.3 Å². The van der Waals surface area contributed by atoms with Gasteiger partial charge in [0, 0.05) is 64.0 Å². The third-order valence-electron chi connectivity index (χ3n) is 8.83. The Balaban J connectivity index is 1.10. The normalized spacial score (nSPS) is 22.0. The Bertz CT molecular complexity index is 1140. The lowest BCUT2D eigenvalue weighted by molar-refractivity contribution is 0.0595. The molecule has 1 unspecified atom stereocenters. The molecule has 2 aliphatic heterocycles. The van der Waals surface area contributed by atoms with E-state index in [-0.39, 0.29) is 11.8 Å². The molecule has 40 heavy (non-hydrogen) atoms. The zero-order valence-electron chi connectivity index (χ0n) is 24.7. The summed E-state index contributed by atoms with van der Waals surface area (Å²) in [5.41, 5.74) is 2.01. The van der Waals surface area contributed by atoms with Crippen LogP contribution in [-0.2, 0) is 0 Å². The monoisotopic (exact) mass is 550 g/mol. The number of nitrogens with zero attached hydrogens (tertiary/aromatic N) is 4. The lowest BCUT2D eigenvalue weighted by Gasteiger charge is -2.39. The number of ether oxygens (including phenoxy) is 3. The Hall–Kier alpha value is -2.84. The van der Waals surface area contributed by atoms with Crippen LogP contribution in [0.3, 0.4) is 0 Å². The Kier molecular flexibility index (Phi) is 9.16. The van der Waals surface area contributed by atoms with Gasteiger partial charge in [0.2, 0.25) is 0 Å². The molecule has 1 amide bonds. The fourth-order valence-electron chi connectivity index (χ4n) is 6.26. The number of hydrogen-bond donors (Lipinski definition) is 0. The van der Waals surface area contributed by atoms with Crippen molar-refractivity contribution in [3.8, 4) is 17.2 Å². The van der Waals surface area contributed by atoms with Crippen LogP contribution in [0.15, 0.2) is 36.5 Å². The van der Waals surface area contributed by atoms with E-state index in [2.05, 4.69) is 47.8 Å². The molecule has 0 bridgehead atoms. The highest BCUT2D eigenvalue weighted by molar-refractivity contribution is 5.93. The fourth-order valence-corrected chi connectivity index (χ4v) is 6.26. The highest BCUT2D eigenvalue weighted by atomic mass is 16.5. The van der Waals surface area contributed by atoms with Crippen LogP contribution >= 0.6 is 0 Å². The lowest BCUT2D eigenvalue weighted by Crippen LogP contribution is -2.48. The third kappa shape index (κ3) is 7.26. The molecule has 3 heterocycles. The maximum atomic E-state index is 13.1. The van der Waals surface area contributed by atoms with Crippen LogP contribution in [0.2, 0.25) is 0 Å². The topological polar surface area (TPSA) is 67.4 Å². The SMILES string of the molecule is COc1cc(C2CN(C(=O)c3cc(OCCN4CCN(C)CC4)ccn3)C2)ccc1OCC1CCCC(C)(C)C1. The quantitative estimate of drug-likeness (QED) is 0.430. The molecule has 0 spiro atoms. The highest BCUT2D eigenvalue weighted by Crippen LogP contribution is 2.40. The van der Waals surface area contributed by atoms with E-state index < -0.39 is 0 Å². The molecule has 1 aromatic carbocycles. The van der Waals surface area contributed by atoms with E-state index >= 15 is 0 Å². The van der Waals surface area contributed by atoms with E-state index in [0.717, 1.165) is 50.8 Å². The Morgan fingerprint density at radius 3 is 2.60 bits per heavy atom. The molecule has 2 saturated heterocycles. The second-order valence-corrected chi connectivity index (χ2v) is 12.6. The predicted octanol–water partition coefficient (Wildman–Crippen LogP) is 4.55. The average Bonchev–Trinajstić information content (AvgIpc) is 2.92. The molecule has 5 rings (SSSR count). The number of amides is 1. The van der Waals surface area contributed by atoms with E-state index in [4.69, 9.17) is 14.2 Å². The average molecular weight is 551 g/mol. The van der Waals surface area contributed by atoms with Crippen LogP contribution in [0.25, 0.3) is 0 Å². The molecule has 218 valence electrons. The maximum absolute atomic E-state index is 13.1. The van der Waals surface area contributed by atoms with Crippen molar-refractivity contribution in [1.29, 1.82) is 0 Å². The van der Waals surface area contributed by atoms with Gasteiger partial charge in [0.15, 0.2) is 11.5 Å². The molecule has 0 radical (unpaired) electrons. The standard InChI is InChI=1S/C32H46N4O4/c1-32(2)10-5-6-24(20-32)23-40-29-8-7-25(18-30(29)38-4)26-21-36(22-26)31(37)28-19-27(9-11-33-28)39-17-16-35-14-12-34(3)13-15-35/h7-9,11,18-19,24,26H,5-6,10,12-17,20-23H2,1-4H3. The van der Waals surface area contributed by atoms with Gasteiger partial charge in [-0.15, -0.1) is 0 Å². The summed E-state index contributed by atoms with van der Waals surface area (Å²) < 4.78 is 17.9. The van der Waals surface area contributed by atoms with Crippen LogP contribution in [0, 0.1) is 11.3 Å².